The molecule has 0 spiro atoms. The summed E-state index contributed by atoms with van der Waals surface area (Å²) >= 11 is 1.32. The van der Waals surface area contributed by atoms with Gasteiger partial charge in [0.15, 0.2) is 11.0 Å². The molecule has 33 heavy (non-hydrogen) atoms. The predicted molar refractivity (Wildman–Crippen MR) is 126 cm³/mol. The van der Waals surface area contributed by atoms with Crippen LogP contribution in [0.5, 0.6) is 5.75 Å². The fraction of sp³-hybridized carbons (Fsp3) is 0.333. The number of nitrogens with zero attached hydrogens (tertiary/aromatic N) is 5. The lowest BCUT2D eigenvalue weighted by molar-refractivity contribution is -0.116. The monoisotopic (exact) mass is 463 g/mol. The Balaban J connectivity index is 1.55. The van der Waals surface area contributed by atoms with Crippen molar-refractivity contribution in [2.45, 2.75) is 30.6 Å². The number of para-hydroxylation sites is 1. The van der Waals surface area contributed by atoms with Gasteiger partial charge >= 0.3 is 0 Å². The molecule has 9 heteroatoms. The Hall–Kier alpha value is -3.35. The van der Waals surface area contributed by atoms with Crippen LogP contribution in [0.3, 0.4) is 0 Å². The van der Waals surface area contributed by atoms with Crippen molar-refractivity contribution < 1.29 is 14.3 Å². The average molecular weight is 464 g/mol. The molecular weight excluding hydrogens is 438 g/mol. The van der Waals surface area contributed by atoms with E-state index in [1.807, 2.05) is 59.2 Å². The lowest BCUT2D eigenvalue weighted by atomic mass is 10.2. The first-order chi connectivity index (χ1) is 16.2. The molecule has 1 aromatic heterocycles. The molecule has 4 rings (SSSR count). The largest absolute Gasteiger partial charge is 0.497 e. The summed E-state index contributed by atoms with van der Waals surface area (Å²) in [4.78, 5) is 14.5. The lowest BCUT2D eigenvalue weighted by Gasteiger charge is -2.19. The standard InChI is InChI=1S/C24H25N5O3S/c1-31-20-11-9-18(10-12-20)23-26-27-24(29(23)16-21-8-5-15-32-21)33-17-22(30)28(14-13-25)19-6-3-2-4-7-19/h2-4,6-7,9-12,21H,5,8,14-17H2,1H3. The van der Waals surface area contributed by atoms with Crippen LogP contribution in [-0.2, 0) is 16.1 Å². The van der Waals surface area contributed by atoms with E-state index >= 15 is 0 Å². The molecule has 170 valence electrons. The number of rotatable bonds is 9. The molecule has 2 aromatic carbocycles. The second-order valence-corrected chi connectivity index (χ2v) is 8.49. The Morgan fingerprint density at radius 1 is 1.24 bits per heavy atom. The normalized spacial score (nSPS) is 15.2. The van der Waals surface area contributed by atoms with Gasteiger partial charge in [-0.3, -0.25) is 14.3 Å². The Morgan fingerprint density at radius 2 is 2.03 bits per heavy atom. The van der Waals surface area contributed by atoms with Gasteiger partial charge in [0.1, 0.15) is 12.3 Å². The van der Waals surface area contributed by atoms with Gasteiger partial charge < -0.3 is 9.47 Å². The van der Waals surface area contributed by atoms with Crippen LogP contribution < -0.4 is 9.64 Å². The zero-order chi connectivity index (χ0) is 23.0. The van der Waals surface area contributed by atoms with Crippen molar-refractivity contribution in [3.8, 4) is 23.2 Å². The van der Waals surface area contributed by atoms with Crippen molar-refractivity contribution in [2.75, 3.05) is 30.9 Å². The third-order valence-corrected chi connectivity index (χ3v) is 6.35. The molecule has 2 heterocycles. The van der Waals surface area contributed by atoms with Gasteiger partial charge in [0.2, 0.25) is 5.91 Å². The van der Waals surface area contributed by atoms with E-state index in [9.17, 15) is 10.1 Å². The van der Waals surface area contributed by atoms with Crippen molar-refractivity contribution >= 4 is 23.4 Å². The maximum atomic E-state index is 13.0. The highest BCUT2D eigenvalue weighted by molar-refractivity contribution is 7.99. The van der Waals surface area contributed by atoms with Crippen LogP contribution in [0.1, 0.15) is 12.8 Å². The number of aromatic nitrogens is 3. The van der Waals surface area contributed by atoms with Crippen molar-refractivity contribution in [2.24, 2.45) is 0 Å². The number of hydrogen-bond donors (Lipinski definition) is 0. The summed E-state index contributed by atoms with van der Waals surface area (Å²) in [6.45, 7) is 1.36. The van der Waals surface area contributed by atoms with E-state index in [4.69, 9.17) is 9.47 Å². The first-order valence-corrected chi connectivity index (χ1v) is 11.7. The molecule has 1 fully saturated rings. The molecule has 8 nitrogen and oxygen atoms in total. The molecule has 0 saturated carbocycles. The fourth-order valence-corrected chi connectivity index (χ4v) is 4.54. The van der Waals surface area contributed by atoms with Crippen LogP contribution in [0.15, 0.2) is 59.8 Å². The molecule has 1 amide bonds. The molecule has 1 saturated heterocycles. The molecule has 1 atom stereocenters. The van der Waals surface area contributed by atoms with E-state index in [-0.39, 0.29) is 24.3 Å². The zero-order valence-corrected chi connectivity index (χ0v) is 19.2. The quantitative estimate of drug-likeness (QED) is 0.352. The van der Waals surface area contributed by atoms with Crippen molar-refractivity contribution in [3.05, 3.63) is 54.6 Å². The minimum absolute atomic E-state index is 0.0108. The van der Waals surface area contributed by atoms with Gasteiger partial charge in [0, 0.05) is 17.9 Å². The van der Waals surface area contributed by atoms with E-state index in [2.05, 4.69) is 16.3 Å². The summed E-state index contributed by atoms with van der Waals surface area (Å²) in [6, 6.07) is 18.9. The molecule has 0 aliphatic carbocycles. The number of carbonyl (C=O) groups is 1. The van der Waals surface area contributed by atoms with Crippen molar-refractivity contribution in [1.29, 1.82) is 5.26 Å². The van der Waals surface area contributed by atoms with E-state index in [1.54, 1.807) is 7.11 Å². The van der Waals surface area contributed by atoms with Crippen LogP contribution in [0, 0.1) is 11.3 Å². The minimum Gasteiger partial charge on any atom is -0.497 e. The number of benzene rings is 2. The van der Waals surface area contributed by atoms with E-state index < -0.39 is 0 Å². The van der Waals surface area contributed by atoms with Crippen LogP contribution >= 0.6 is 11.8 Å². The lowest BCUT2D eigenvalue weighted by Crippen LogP contribution is -2.32. The Kier molecular flexibility index (Phi) is 7.60. The van der Waals surface area contributed by atoms with Crippen LogP contribution in [0.25, 0.3) is 11.4 Å². The highest BCUT2D eigenvalue weighted by Crippen LogP contribution is 2.28. The number of ether oxygens (including phenoxy) is 2. The molecule has 0 N–H and O–H groups in total. The van der Waals surface area contributed by atoms with E-state index in [0.717, 1.165) is 36.6 Å². The van der Waals surface area contributed by atoms with Gasteiger partial charge in [-0.05, 0) is 49.2 Å². The van der Waals surface area contributed by atoms with Gasteiger partial charge in [-0.15, -0.1) is 10.2 Å². The smallest absolute Gasteiger partial charge is 0.238 e. The van der Waals surface area contributed by atoms with Gasteiger partial charge in [-0.1, -0.05) is 30.0 Å². The average Bonchev–Trinajstić information content (AvgIpc) is 3.52. The molecule has 0 bridgehead atoms. The summed E-state index contributed by atoms with van der Waals surface area (Å²) in [7, 11) is 1.63. The maximum absolute atomic E-state index is 13.0. The summed E-state index contributed by atoms with van der Waals surface area (Å²) in [5, 5.41) is 18.7. The topological polar surface area (TPSA) is 93.3 Å². The van der Waals surface area contributed by atoms with Crippen molar-refractivity contribution in [1.82, 2.24) is 14.8 Å². The summed E-state index contributed by atoms with van der Waals surface area (Å²) in [5.41, 5.74) is 1.61. The van der Waals surface area contributed by atoms with Crippen LogP contribution in [0.4, 0.5) is 5.69 Å². The molecule has 1 aliphatic rings. The van der Waals surface area contributed by atoms with E-state index in [1.165, 1.54) is 16.7 Å². The maximum Gasteiger partial charge on any atom is 0.238 e. The number of amides is 1. The third kappa shape index (κ3) is 5.53. The van der Waals surface area contributed by atoms with Crippen molar-refractivity contribution in [3.63, 3.8) is 0 Å². The molecule has 3 aromatic rings. The number of methoxy groups -OCH3 is 1. The zero-order valence-electron chi connectivity index (χ0n) is 18.4. The van der Waals surface area contributed by atoms with Crippen LogP contribution in [-0.4, -0.2) is 52.8 Å². The SMILES string of the molecule is COc1ccc(-c2nnc(SCC(=O)N(CC#N)c3ccccc3)n2CC2CCCO2)cc1. The van der Waals surface area contributed by atoms with Gasteiger partial charge in [-0.2, -0.15) is 5.26 Å². The second kappa shape index (κ2) is 11.0. The summed E-state index contributed by atoms with van der Waals surface area (Å²) < 4.78 is 13.1. The first-order valence-electron chi connectivity index (χ1n) is 10.7. The molecule has 1 aliphatic heterocycles. The molecule has 1 unspecified atom stereocenters. The number of thioether (sulfide) groups is 1. The molecular formula is C24H25N5O3S. The molecule has 0 radical (unpaired) electrons. The predicted octanol–water partition coefficient (Wildman–Crippen LogP) is 3.78. The Morgan fingerprint density at radius 3 is 2.70 bits per heavy atom. The minimum atomic E-state index is -0.162. The summed E-state index contributed by atoms with van der Waals surface area (Å²) in [5.74, 6) is 1.47. The number of anilines is 1. The summed E-state index contributed by atoms with van der Waals surface area (Å²) in [6.07, 6.45) is 2.10. The number of carbonyl (C=O) groups excluding carboxylic acids is 1. The van der Waals surface area contributed by atoms with Gasteiger partial charge in [0.25, 0.3) is 0 Å². The first kappa shape index (κ1) is 22.8. The van der Waals surface area contributed by atoms with Gasteiger partial charge in [0.05, 0.1) is 31.6 Å². The highest BCUT2D eigenvalue weighted by atomic mass is 32.2. The highest BCUT2D eigenvalue weighted by Gasteiger charge is 2.23. The second-order valence-electron chi connectivity index (χ2n) is 7.54. The Labute approximate surface area is 197 Å². The number of hydrogen-bond acceptors (Lipinski definition) is 7. The van der Waals surface area contributed by atoms with Gasteiger partial charge in [-0.25, -0.2) is 0 Å². The van der Waals surface area contributed by atoms with E-state index in [0.29, 0.717) is 17.4 Å². The Bertz CT molecular complexity index is 1110. The van der Waals surface area contributed by atoms with Crippen LogP contribution in [0.2, 0.25) is 0 Å². The third-order valence-electron chi connectivity index (χ3n) is 5.40. The fourth-order valence-electron chi connectivity index (χ4n) is 3.71. The number of nitriles is 1.